The predicted molar refractivity (Wildman–Crippen MR) is 76.8 cm³/mol. The number of pyridine rings is 1. The summed E-state index contributed by atoms with van der Waals surface area (Å²) in [7, 11) is 0. The first-order valence-electron chi connectivity index (χ1n) is 6.27. The van der Waals surface area contributed by atoms with Crippen LogP contribution in [0, 0.1) is 5.82 Å². The van der Waals surface area contributed by atoms with Crippen molar-refractivity contribution in [3.8, 4) is 0 Å². The molecule has 0 saturated heterocycles. The van der Waals surface area contributed by atoms with E-state index in [1.54, 1.807) is 6.92 Å². The number of nitrogens with zero attached hydrogens (tertiary/aromatic N) is 1. The minimum Gasteiger partial charge on any atom is -0.462 e. The lowest BCUT2D eigenvalue weighted by atomic mass is 10.1. The summed E-state index contributed by atoms with van der Waals surface area (Å²) in [5.74, 6) is -1.03. The second-order valence-electron chi connectivity index (χ2n) is 4.05. The number of anilines is 1. The van der Waals surface area contributed by atoms with Crippen LogP contribution < -0.4 is 5.32 Å². The Kier molecular flexibility index (Phi) is 4.39. The van der Waals surface area contributed by atoms with Gasteiger partial charge in [-0.3, -0.25) is 4.98 Å². The first-order chi connectivity index (χ1) is 9.60. The van der Waals surface area contributed by atoms with Crippen LogP contribution in [0.5, 0.6) is 0 Å². The molecular weight excluding hydrogens is 283 g/mol. The second kappa shape index (κ2) is 6.05. The summed E-state index contributed by atoms with van der Waals surface area (Å²) in [5.41, 5.74) is 0.869. The lowest BCUT2D eigenvalue weighted by Gasteiger charge is -2.13. The van der Waals surface area contributed by atoms with Crippen LogP contribution in [-0.2, 0) is 4.74 Å². The molecule has 0 radical (unpaired) electrons. The van der Waals surface area contributed by atoms with Crippen molar-refractivity contribution in [2.24, 2.45) is 0 Å². The van der Waals surface area contributed by atoms with Gasteiger partial charge in [0.15, 0.2) is 0 Å². The third-order valence-corrected chi connectivity index (χ3v) is 3.07. The number of nitrogens with one attached hydrogen (secondary N) is 1. The van der Waals surface area contributed by atoms with Crippen molar-refractivity contribution in [3.05, 3.63) is 34.7 Å². The molecule has 6 heteroatoms. The van der Waals surface area contributed by atoms with Gasteiger partial charge in [0.25, 0.3) is 0 Å². The van der Waals surface area contributed by atoms with Gasteiger partial charge in [-0.15, -0.1) is 0 Å². The molecule has 0 aliphatic carbocycles. The molecule has 0 bridgehead atoms. The van der Waals surface area contributed by atoms with Crippen LogP contribution in [0.4, 0.5) is 10.1 Å². The van der Waals surface area contributed by atoms with Crippen LogP contribution in [-0.4, -0.2) is 24.1 Å². The number of carbonyl (C=O) groups excluding carboxylic acids is 1. The maximum Gasteiger partial charge on any atom is 0.341 e. The molecule has 0 aliphatic heterocycles. The van der Waals surface area contributed by atoms with E-state index in [9.17, 15) is 9.18 Å². The molecule has 1 heterocycles. The molecule has 4 nitrogen and oxygen atoms in total. The smallest absolute Gasteiger partial charge is 0.341 e. The molecule has 106 valence electrons. The summed E-state index contributed by atoms with van der Waals surface area (Å²) in [6.07, 6.45) is 1.35. The Morgan fingerprint density at radius 1 is 1.45 bits per heavy atom. The van der Waals surface area contributed by atoms with Crippen molar-refractivity contribution in [2.75, 3.05) is 18.5 Å². The highest BCUT2D eigenvalue weighted by molar-refractivity contribution is 6.35. The largest absolute Gasteiger partial charge is 0.462 e. The van der Waals surface area contributed by atoms with E-state index in [-0.39, 0.29) is 17.6 Å². The van der Waals surface area contributed by atoms with E-state index in [4.69, 9.17) is 16.3 Å². The van der Waals surface area contributed by atoms with E-state index in [2.05, 4.69) is 10.3 Å². The molecule has 0 fully saturated rings. The van der Waals surface area contributed by atoms with Crippen molar-refractivity contribution < 1.29 is 13.9 Å². The zero-order valence-electron chi connectivity index (χ0n) is 11.2. The number of hydrogen-bond acceptors (Lipinski definition) is 4. The van der Waals surface area contributed by atoms with Gasteiger partial charge < -0.3 is 10.1 Å². The molecule has 0 amide bonds. The maximum absolute atomic E-state index is 14.1. The lowest BCUT2D eigenvalue weighted by molar-refractivity contribution is 0.0527. The summed E-state index contributed by atoms with van der Waals surface area (Å²) in [6.45, 7) is 4.32. The standard InChI is InChI=1S/C14H14ClFN2O2/c1-3-17-12-8(14(19)20-4-2)7-18-13-9(15)5-6-10(16)11(12)13/h5-7H,3-4H2,1-2H3,(H,17,18). The Morgan fingerprint density at radius 2 is 2.20 bits per heavy atom. The monoisotopic (exact) mass is 296 g/mol. The number of benzene rings is 1. The number of halogens is 2. The molecule has 0 saturated carbocycles. The molecule has 2 rings (SSSR count). The van der Waals surface area contributed by atoms with Gasteiger partial charge >= 0.3 is 5.97 Å². The Labute approximate surface area is 120 Å². The quantitative estimate of drug-likeness (QED) is 0.875. The summed E-state index contributed by atoms with van der Waals surface area (Å²) < 4.78 is 19.0. The Balaban J connectivity index is 2.74. The zero-order chi connectivity index (χ0) is 14.7. The summed E-state index contributed by atoms with van der Waals surface area (Å²) in [4.78, 5) is 16.0. The predicted octanol–water partition coefficient (Wildman–Crippen LogP) is 3.64. The average molecular weight is 297 g/mol. The molecule has 0 unspecified atom stereocenters. The molecule has 0 spiro atoms. The zero-order valence-corrected chi connectivity index (χ0v) is 11.9. The van der Waals surface area contributed by atoms with E-state index >= 15 is 0 Å². The number of ether oxygens (including phenoxy) is 1. The number of esters is 1. The van der Waals surface area contributed by atoms with Gasteiger partial charge in [0.1, 0.15) is 11.4 Å². The van der Waals surface area contributed by atoms with Crippen LogP contribution in [0.2, 0.25) is 5.02 Å². The number of rotatable bonds is 4. The van der Waals surface area contributed by atoms with Gasteiger partial charge in [0, 0.05) is 12.7 Å². The third-order valence-electron chi connectivity index (χ3n) is 2.77. The highest BCUT2D eigenvalue weighted by atomic mass is 35.5. The van der Waals surface area contributed by atoms with E-state index in [1.807, 2.05) is 6.92 Å². The van der Waals surface area contributed by atoms with Gasteiger partial charge in [-0.25, -0.2) is 9.18 Å². The normalized spacial score (nSPS) is 10.6. The number of carbonyl (C=O) groups is 1. The fourth-order valence-corrected chi connectivity index (χ4v) is 2.16. The maximum atomic E-state index is 14.1. The van der Waals surface area contributed by atoms with Crippen molar-refractivity contribution in [2.45, 2.75) is 13.8 Å². The van der Waals surface area contributed by atoms with E-state index < -0.39 is 11.8 Å². The van der Waals surface area contributed by atoms with Crippen LogP contribution in [0.25, 0.3) is 10.9 Å². The Hall–Kier alpha value is -1.88. The van der Waals surface area contributed by atoms with Gasteiger partial charge in [0.05, 0.1) is 28.2 Å². The van der Waals surface area contributed by atoms with Gasteiger partial charge in [0.2, 0.25) is 0 Å². The highest BCUT2D eigenvalue weighted by Gasteiger charge is 2.19. The number of hydrogen-bond donors (Lipinski definition) is 1. The lowest BCUT2D eigenvalue weighted by Crippen LogP contribution is -2.11. The minimum atomic E-state index is -0.544. The fraction of sp³-hybridized carbons (Fsp3) is 0.286. The molecule has 20 heavy (non-hydrogen) atoms. The van der Waals surface area contributed by atoms with Crippen molar-refractivity contribution >= 4 is 34.2 Å². The SMILES string of the molecule is CCNc1c(C(=O)OCC)cnc2c(Cl)ccc(F)c12. The number of aromatic nitrogens is 1. The van der Waals surface area contributed by atoms with Gasteiger partial charge in [-0.05, 0) is 26.0 Å². The summed E-state index contributed by atoms with van der Waals surface area (Å²) in [6, 6.07) is 2.69. The summed E-state index contributed by atoms with van der Waals surface area (Å²) in [5, 5.41) is 3.52. The third kappa shape index (κ3) is 2.54. The second-order valence-corrected chi connectivity index (χ2v) is 4.46. The molecule has 1 N–H and O–H groups in total. The van der Waals surface area contributed by atoms with Crippen LogP contribution >= 0.6 is 11.6 Å². The topological polar surface area (TPSA) is 51.2 Å². The highest BCUT2D eigenvalue weighted by Crippen LogP contribution is 2.32. The molecule has 1 aromatic carbocycles. The van der Waals surface area contributed by atoms with Crippen LogP contribution in [0.3, 0.4) is 0 Å². The van der Waals surface area contributed by atoms with Crippen LogP contribution in [0.15, 0.2) is 18.3 Å². The Morgan fingerprint density at radius 3 is 2.85 bits per heavy atom. The van der Waals surface area contributed by atoms with E-state index in [1.165, 1.54) is 18.3 Å². The Bertz CT molecular complexity index is 661. The van der Waals surface area contributed by atoms with Crippen molar-refractivity contribution in [3.63, 3.8) is 0 Å². The number of fused-ring (bicyclic) bond motifs is 1. The molecular formula is C14H14ClFN2O2. The van der Waals surface area contributed by atoms with Crippen LogP contribution in [0.1, 0.15) is 24.2 Å². The minimum absolute atomic E-state index is 0.197. The molecule has 0 atom stereocenters. The molecule has 0 aliphatic rings. The van der Waals surface area contributed by atoms with Gasteiger partial charge in [-0.1, -0.05) is 11.6 Å². The first-order valence-corrected chi connectivity index (χ1v) is 6.65. The van der Waals surface area contributed by atoms with Crippen molar-refractivity contribution in [1.82, 2.24) is 4.98 Å². The average Bonchev–Trinajstić information content (AvgIpc) is 2.43. The van der Waals surface area contributed by atoms with Crippen molar-refractivity contribution in [1.29, 1.82) is 0 Å². The van der Waals surface area contributed by atoms with E-state index in [0.717, 1.165) is 0 Å². The first kappa shape index (κ1) is 14.5. The van der Waals surface area contributed by atoms with Gasteiger partial charge in [-0.2, -0.15) is 0 Å². The van der Waals surface area contributed by atoms with E-state index in [0.29, 0.717) is 22.8 Å². The molecule has 1 aromatic heterocycles. The molecule has 2 aromatic rings. The summed E-state index contributed by atoms with van der Waals surface area (Å²) >= 11 is 6.02. The fourth-order valence-electron chi connectivity index (χ4n) is 1.96.